The van der Waals surface area contributed by atoms with Crippen LogP contribution >= 0.6 is 0 Å². The van der Waals surface area contributed by atoms with Crippen molar-refractivity contribution in [1.82, 2.24) is 5.32 Å². The third kappa shape index (κ3) is 3.08. The normalized spacial score (nSPS) is 24.4. The highest BCUT2D eigenvalue weighted by Crippen LogP contribution is 2.33. The number of nitrogens with one attached hydrogen (secondary N) is 1. The van der Waals surface area contributed by atoms with Gasteiger partial charge in [0.2, 0.25) is 0 Å². The minimum absolute atomic E-state index is 0.125. The molecule has 1 saturated heterocycles. The van der Waals surface area contributed by atoms with Gasteiger partial charge in [0.1, 0.15) is 0 Å². The van der Waals surface area contributed by atoms with Gasteiger partial charge < -0.3 is 5.32 Å². The Balaban J connectivity index is 2.12. The minimum Gasteiger partial charge on any atom is -0.316 e. The number of hydrogen-bond acceptors (Lipinski definition) is 1. The van der Waals surface area contributed by atoms with Gasteiger partial charge in [-0.2, -0.15) is 0 Å². The average molecular weight is 253 g/mol. The summed E-state index contributed by atoms with van der Waals surface area (Å²) in [4.78, 5) is 0. The molecule has 1 nitrogen and oxygen atoms in total. The summed E-state index contributed by atoms with van der Waals surface area (Å²) in [5.74, 6) is 1.17. The number of benzene rings is 1. The van der Waals surface area contributed by atoms with Gasteiger partial charge in [-0.15, -0.1) is 0 Å². The summed E-state index contributed by atoms with van der Waals surface area (Å²) in [5.41, 5.74) is 1.35. The van der Waals surface area contributed by atoms with Crippen LogP contribution in [0.2, 0.25) is 0 Å². The highest BCUT2D eigenvalue weighted by Gasteiger charge is 2.25. The molecule has 0 spiro atoms. The standard InChI is InChI=1S/C15H21F2N/c1-2-3-13-10-18-9-8-14(13)11-4-6-12(7-5-11)15(16)17/h4-7,13-15,18H,2-3,8-10H2,1H3. The van der Waals surface area contributed by atoms with Gasteiger partial charge in [0.25, 0.3) is 6.43 Å². The minimum atomic E-state index is -2.36. The maximum absolute atomic E-state index is 12.5. The molecule has 3 heteroatoms. The van der Waals surface area contributed by atoms with Gasteiger partial charge in [-0.1, -0.05) is 37.6 Å². The van der Waals surface area contributed by atoms with E-state index in [-0.39, 0.29) is 5.56 Å². The second kappa shape index (κ2) is 6.28. The van der Waals surface area contributed by atoms with Crippen molar-refractivity contribution in [1.29, 1.82) is 0 Å². The Kier molecular flexibility index (Phi) is 4.70. The van der Waals surface area contributed by atoms with E-state index in [1.54, 1.807) is 12.1 Å². The predicted molar refractivity (Wildman–Crippen MR) is 70.0 cm³/mol. The molecule has 0 aliphatic carbocycles. The maximum atomic E-state index is 12.5. The third-order valence-corrected chi connectivity index (χ3v) is 3.88. The monoisotopic (exact) mass is 253 g/mol. The molecule has 0 radical (unpaired) electrons. The molecule has 1 fully saturated rings. The molecule has 1 aromatic rings. The summed E-state index contributed by atoms with van der Waals surface area (Å²) in [5, 5.41) is 3.43. The summed E-state index contributed by atoms with van der Waals surface area (Å²) in [6.45, 7) is 4.28. The largest absolute Gasteiger partial charge is 0.316 e. The molecule has 100 valence electrons. The molecule has 18 heavy (non-hydrogen) atoms. The molecular formula is C15H21F2N. The SMILES string of the molecule is CCCC1CNCCC1c1ccc(C(F)F)cc1. The van der Waals surface area contributed by atoms with Crippen molar-refractivity contribution in [2.24, 2.45) is 5.92 Å². The molecule has 2 unspecified atom stereocenters. The van der Waals surface area contributed by atoms with Crippen LogP contribution in [0.15, 0.2) is 24.3 Å². The molecule has 0 saturated carbocycles. The fourth-order valence-corrected chi connectivity index (χ4v) is 2.92. The van der Waals surface area contributed by atoms with Crippen LogP contribution in [-0.2, 0) is 0 Å². The Morgan fingerprint density at radius 1 is 1.28 bits per heavy atom. The smallest absolute Gasteiger partial charge is 0.263 e. The zero-order valence-electron chi connectivity index (χ0n) is 10.8. The number of rotatable bonds is 4. The molecule has 1 heterocycles. The van der Waals surface area contributed by atoms with E-state index in [1.165, 1.54) is 18.4 Å². The first-order valence-corrected chi connectivity index (χ1v) is 6.81. The Labute approximate surface area is 108 Å². The van der Waals surface area contributed by atoms with Crippen LogP contribution in [0.3, 0.4) is 0 Å². The lowest BCUT2D eigenvalue weighted by Gasteiger charge is -2.32. The van der Waals surface area contributed by atoms with Crippen LogP contribution in [0.4, 0.5) is 8.78 Å². The van der Waals surface area contributed by atoms with Crippen molar-refractivity contribution in [2.75, 3.05) is 13.1 Å². The van der Waals surface area contributed by atoms with Crippen LogP contribution in [0.5, 0.6) is 0 Å². The van der Waals surface area contributed by atoms with Gasteiger partial charge in [-0.05, 0) is 43.3 Å². The number of halogens is 2. The van der Waals surface area contributed by atoms with E-state index in [2.05, 4.69) is 12.2 Å². The van der Waals surface area contributed by atoms with E-state index in [9.17, 15) is 8.78 Å². The zero-order chi connectivity index (χ0) is 13.0. The molecule has 2 rings (SSSR count). The van der Waals surface area contributed by atoms with Crippen LogP contribution < -0.4 is 5.32 Å². The van der Waals surface area contributed by atoms with E-state index in [0.717, 1.165) is 19.5 Å². The molecule has 0 amide bonds. The first kappa shape index (κ1) is 13.5. The second-order valence-electron chi connectivity index (χ2n) is 5.12. The average Bonchev–Trinajstić information content (AvgIpc) is 2.40. The Morgan fingerprint density at radius 2 is 2.00 bits per heavy atom. The second-order valence-corrected chi connectivity index (χ2v) is 5.12. The molecule has 1 aliphatic rings. The van der Waals surface area contributed by atoms with Crippen molar-refractivity contribution >= 4 is 0 Å². The Bertz CT molecular complexity index is 359. The molecule has 1 N–H and O–H groups in total. The molecule has 1 aromatic carbocycles. The van der Waals surface area contributed by atoms with Crippen LogP contribution in [0.25, 0.3) is 0 Å². The number of hydrogen-bond donors (Lipinski definition) is 1. The Hall–Kier alpha value is -0.960. The molecular weight excluding hydrogens is 232 g/mol. The highest BCUT2D eigenvalue weighted by atomic mass is 19.3. The van der Waals surface area contributed by atoms with Gasteiger partial charge in [-0.3, -0.25) is 0 Å². The quantitative estimate of drug-likeness (QED) is 0.851. The van der Waals surface area contributed by atoms with E-state index in [0.29, 0.717) is 11.8 Å². The highest BCUT2D eigenvalue weighted by molar-refractivity contribution is 5.27. The molecule has 0 bridgehead atoms. The summed E-state index contributed by atoms with van der Waals surface area (Å²) < 4.78 is 25.1. The van der Waals surface area contributed by atoms with E-state index in [1.807, 2.05) is 12.1 Å². The van der Waals surface area contributed by atoms with Crippen molar-refractivity contribution < 1.29 is 8.78 Å². The summed E-state index contributed by atoms with van der Waals surface area (Å²) in [6.07, 6.45) is 1.13. The topological polar surface area (TPSA) is 12.0 Å². The number of alkyl halides is 2. The van der Waals surface area contributed by atoms with E-state index >= 15 is 0 Å². The van der Waals surface area contributed by atoms with Gasteiger partial charge >= 0.3 is 0 Å². The van der Waals surface area contributed by atoms with Gasteiger partial charge in [0, 0.05) is 5.56 Å². The third-order valence-electron chi connectivity index (χ3n) is 3.88. The summed E-state index contributed by atoms with van der Waals surface area (Å²) >= 11 is 0. The van der Waals surface area contributed by atoms with Crippen LogP contribution in [0, 0.1) is 5.92 Å². The fourth-order valence-electron chi connectivity index (χ4n) is 2.92. The number of piperidine rings is 1. The van der Waals surface area contributed by atoms with Gasteiger partial charge in [-0.25, -0.2) is 8.78 Å². The van der Waals surface area contributed by atoms with Crippen molar-refractivity contribution in [2.45, 2.75) is 38.5 Å². The van der Waals surface area contributed by atoms with Crippen LogP contribution in [0.1, 0.15) is 49.7 Å². The first-order chi connectivity index (χ1) is 8.72. The predicted octanol–water partition coefficient (Wildman–Crippen LogP) is 4.12. The lowest BCUT2D eigenvalue weighted by molar-refractivity contribution is 0.151. The van der Waals surface area contributed by atoms with Crippen LogP contribution in [-0.4, -0.2) is 13.1 Å². The molecule has 2 atom stereocenters. The van der Waals surface area contributed by atoms with Gasteiger partial charge in [0.05, 0.1) is 0 Å². The maximum Gasteiger partial charge on any atom is 0.263 e. The summed E-state index contributed by atoms with van der Waals surface area (Å²) in [7, 11) is 0. The zero-order valence-corrected chi connectivity index (χ0v) is 10.8. The Morgan fingerprint density at radius 3 is 2.61 bits per heavy atom. The van der Waals surface area contributed by atoms with E-state index in [4.69, 9.17) is 0 Å². The van der Waals surface area contributed by atoms with Crippen molar-refractivity contribution in [3.63, 3.8) is 0 Å². The molecule has 0 aromatic heterocycles. The lowest BCUT2D eigenvalue weighted by Crippen LogP contribution is -2.35. The van der Waals surface area contributed by atoms with Crippen molar-refractivity contribution in [3.8, 4) is 0 Å². The summed E-state index contributed by atoms with van der Waals surface area (Å²) in [6, 6.07) is 6.93. The molecule has 1 aliphatic heterocycles. The van der Waals surface area contributed by atoms with E-state index < -0.39 is 6.43 Å². The first-order valence-electron chi connectivity index (χ1n) is 6.81. The fraction of sp³-hybridized carbons (Fsp3) is 0.600. The lowest BCUT2D eigenvalue weighted by atomic mass is 9.79. The van der Waals surface area contributed by atoms with Gasteiger partial charge in [0.15, 0.2) is 0 Å². The van der Waals surface area contributed by atoms with Crippen molar-refractivity contribution in [3.05, 3.63) is 35.4 Å².